The number of hydrogen-bond acceptors (Lipinski definition) is 2. The molecule has 0 radical (unpaired) electrons. The van der Waals surface area contributed by atoms with Gasteiger partial charge in [0.1, 0.15) is 0 Å². The van der Waals surface area contributed by atoms with Crippen LogP contribution in [0.3, 0.4) is 0 Å². The van der Waals surface area contributed by atoms with Crippen molar-refractivity contribution in [3.8, 4) is 0 Å². The maximum atomic E-state index is 5.72. The zero-order valence-electron chi connectivity index (χ0n) is 11.4. The number of hydrogen-bond donors (Lipinski definition) is 1. The van der Waals surface area contributed by atoms with Crippen molar-refractivity contribution in [1.82, 2.24) is 4.57 Å². The summed E-state index contributed by atoms with van der Waals surface area (Å²) in [4.78, 5) is 0. The van der Waals surface area contributed by atoms with Gasteiger partial charge in [0.15, 0.2) is 0 Å². The molecule has 3 heteroatoms. The molecule has 0 saturated heterocycles. The Hall–Kier alpha value is -1.32. The van der Waals surface area contributed by atoms with E-state index in [1.54, 1.807) is 0 Å². The number of aryl methyl sites for hydroxylation is 1. The summed E-state index contributed by atoms with van der Waals surface area (Å²) in [5, 5.41) is 1.26. The molecule has 1 heterocycles. The molecular weight excluding hydrogens is 224 g/mol. The minimum absolute atomic E-state index is 0.253. The Kier molecular flexibility index (Phi) is 4.04. The summed E-state index contributed by atoms with van der Waals surface area (Å²) in [5.74, 6) is 0. The zero-order valence-corrected chi connectivity index (χ0v) is 11.4. The molecule has 2 aromatic rings. The van der Waals surface area contributed by atoms with Crippen molar-refractivity contribution in [3.05, 3.63) is 35.5 Å². The molecule has 2 N–H and O–H groups in total. The van der Waals surface area contributed by atoms with Gasteiger partial charge in [-0.1, -0.05) is 6.07 Å². The Labute approximate surface area is 109 Å². The van der Waals surface area contributed by atoms with E-state index < -0.39 is 0 Å². The van der Waals surface area contributed by atoms with Gasteiger partial charge in [-0.2, -0.15) is 0 Å². The first kappa shape index (κ1) is 13.1. The first-order valence-electron chi connectivity index (χ1n) is 6.58. The predicted octanol–water partition coefficient (Wildman–Crippen LogP) is 3.04. The fraction of sp³-hybridized carbons (Fsp3) is 0.467. The highest BCUT2D eigenvalue weighted by Crippen LogP contribution is 2.24. The third-order valence-corrected chi connectivity index (χ3v) is 3.18. The second-order valence-electron chi connectivity index (χ2n) is 4.86. The van der Waals surface area contributed by atoms with E-state index in [2.05, 4.69) is 49.7 Å². The van der Waals surface area contributed by atoms with Crippen LogP contribution in [0.1, 0.15) is 31.9 Å². The minimum Gasteiger partial charge on any atom is -0.374 e. The lowest BCUT2D eigenvalue weighted by molar-refractivity contribution is 0.0663. The standard InChI is InChI=1S/C15H22N2O/c1-4-17-9-13(10-18-11(2)3)14-7-12(8-16)5-6-15(14)17/h5-7,9,11H,4,8,10,16H2,1-3H3. The predicted molar refractivity (Wildman–Crippen MR) is 75.4 cm³/mol. The van der Waals surface area contributed by atoms with Crippen molar-refractivity contribution < 1.29 is 4.74 Å². The van der Waals surface area contributed by atoms with Crippen LogP contribution in [-0.2, 0) is 24.4 Å². The van der Waals surface area contributed by atoms with Crippen LogP contribution < -0.4 is 5.73 Å². The summed E-state index contributed by atoms with van der Waals surface area (Å²) < 4.78 is 7.98. The fourth-order valence-corrected chi connectivity index (χ4v) is 2.18. The van der Waals surface area contributed by atoms with Gasteiger partial charge in [0.2, 0.25) is 0 Å². The molecule has 0 aliphatic heterocycles. The molecule has 0 saturated carbocycles. The van der Waals surface area contributed by atoms with Crippen molar-refractivity contribution in [2.75, 3.05) is 0 Å². The Morgan fingerprint density at radius 3 is 2.72 bits per heavy atom. The molecule has 2 rings (SSSR count). The number of aromatic nitrogens is 1. The lowest BCUT2D eigenvalue weighted by Crippen LogP contribution is -2.02. The van der Waals surface area contributed by atoms with Crippen LogP contribution in [-0.4, -0.2) is 10.7 Å². The monoisotopic (exact) mass is 246 g/mol. The van der Waals surface area contributed by atoms with E-state index in [1.165, 1.54) is 22.0 Å². The molecule has 1 aromatic carbocycles. The molecule has 0 unspecified atom stereocenters. The van der Waals surface area contributed by atoms with Gasteiger partial charge >= 0.3 is 0 Å². The Bertz CT molecular complexity index is 529. The number of nitrogens with two attached hydrogens (primary N) is 1. The van der Waals surface area contributed by atoms with Gasteiger partial charge in [0.05, 0.1) is 12.7 Å². The molecule has 3 nitrogen and oxygen atoms in total. The first-order valence-corrected chi connectivity index (χ1v) is 6.58. The Balaban J connectivity index is 2.43. The van der Waals surface area contributed by atoms with Gasteiger partial charge in [0.25, 0.3) is 0 Å². The number of fused-ring (bicyclic) bond motifs is 1. The van der Waals surface area contributed by atoms with Gasteiger partial charge in [0, 0.05) is 35.8 Å². The number of ether oxygens (including phenoxy) is 1. The van der Waals surface area contributed by atoms with Crippen molar-refractivity contribution in [3.63, 3.8) is 0 Å². The quantitative estimate of drug-likeness (QED) is 0.880. The molecule has 0 aliphatic rings. The van der Waals surface area contributed by atoms with Gasteiger partial charge in [-0.3, -0.25) is 0 Å². The molecule has 0 bridgehead atoms. The number of benzene rings is 1. The van der Waals surface area contributed by atoms with Gasteiger partial charge in [-0.25, -0.2) is 0 Å². The summed E-state index contributed by atoms with van der Waals surface area (Å²) >= 11 is 0. The summed E-state index contributed by atoms with van der Waals surface area (Å²) in [6, 6.07) is 6.43. The third-order valence-electron chi connectivity index (χ3n) is 3.18. The van der Waals surface area contributed by atoms with Gasteiger partial charge < -0.3 is 15.0 Å². The topological polar surface area (TPSA) is 40.2 Å². The second kappa shape index (κ2) is 5.55. The Morgan fingerprint density at radius 1 is 1.33 bits per heavy atom. The summed E-state index contributed by atoms with van der Waals surface area (Å²) in [6.45, 7) is 8.49. The normalized spacial score (nSPS) is 11.6. The van der Waals surface area contributed by atoms with Crippen molar-refractivity contribution >= 4 is 10.9 Å². The van der Waals surface area contributed by atoms with E-state index >= 15 is 0 Å². The second-order valence-corrected chi connectivity index (χ2v) is 4.86. The van der Waals surface area contributed by atoms with Crippen LogP contribution >= 0.6 is 0 Å². The Morgan fingerprint density at radius 2 is 2.11 bits per heavy atom. The van der Waals surface area contributed by atoms with E-state index in [9.17, 15) is 0 Å². The summed E-state index contributed by atoms with van der Waals surface area (Å²) in [5.41, 5.74) is 9.39. The van der Waals surface area contributed by atoms with Crippen LogP contribution in [0, 0.1) is 0 Å². The fourth-order valence-electron chi connectivity index (χ4n) is 2.18. The van der Waals surface area contributed by atoms with Crippen LogP contribution in [0.2, 0.25) is 0 Å². The number of rotatable bonds is 5. The lowest BCUT2D eigenvalue weighted by atomic mass is 10.1. The molecular formula is C15H22N2O. The third kappa shape index (κ3) is 2.57. The zero-order chi connectivity index (χ0) is 13.1. The van der Waals surface area contributed by atoms with Crippen molar-refractivity contribution in [2.45, 2.75) is 46.6 Å². The highest BCUT2D eigenvalue weighted by atomic mass is 16.5. The summed E-state index contributed by atoms with van der Waals surface area (Å²) in [6.07, 6.45) is 2.44. The van der Waals surface area contributed by atoms with E-state index in [0.29, 0.717) is 13.2 Å². The molecule has 18 heavy (non-hydrogen) atoms. The molecule has 0 atom stereocenters. The van der Waals surface area contributed by atoms with E-state index in [1.807, 2.05) is 0 Å². The lowest BCUT2D eigenvalue weighted by Gasteiger charge is -2.06. The van der Waals surface area contributed by atoms with Crippen molar-refractivity contribution in [1.29, 1.82) is 0 Å². The minimum atomic E-state index is 0.253. The molecule has 0 spiro atoms. The average molecular weight is 246 g/mol. The highest BCUT2D eigenvalue weighted by Gasteiger charge is 2.09. The highest BCUT2D eigenvalue weighted by molar-refractivity contribution is 5.84. The molecule has 1 aromatic heterocycles. The first-order chi connectivity index (χ1) is 8.65. The SMILES string of the molecule is CCn1cc(COC(C)C)c2cc(CN)ccc21. The van der Waals surface area contributed by atoms with E-state index in [0.717, 1.165) is 6.54 Å². The van der Waals surface area contributed by atoms with E-state index in [4.69, 9.17) is 10.5 Å². The van der Waals surface area contributed by atoms with Crippen molar-refractivity contribution in [2.24, 2.45) is 5.73 Å². The molecule has 98 valence electrons. The largest absolute Gasteiger partial charge is 0.374 e. The average Bonchev–Trinajstić information content (AvgIpc) is 2.73. The maximum absolute atomic E-state index is 5.72. The van der Waals surface area contributed by atoms with Crippen LogP contribution in [0.15, 0.2) is 24.4 Å². The number of nitrogens with zero attached hydrogens (tertiary/aromatic N) is 1. The van der Waals surface area contributed by atoms with Gasteiger partial charge in [-0.15, -0.1) is 0 Å². The smallest absolute Gasteiger partial charge is 0.0741 e. The van der Waals surface area contributed by atoms with E-state index in [-0.39, 0.29) is 6.10 Å². The molecule has 0 aliphatic carbocycles. The molecule has 0 amide bonds. The molecule has 0 fully saturated rings. The van der Waals surface area contributed by atoms with Crippen LogP contribution in [0.5, 0.6) is 0 Å². The summed E-state index contributed by atoms with van der Waals surface area (Å²) in [7, 11) is 0. The van der Waals surface area contributed by atoms with Gasteiger partial charge in [-0.05, 0) is 38.5 Å². The van der Waals surface area contributed by atoms with Crippen LogP contribution in [0.4, 0.5) is 0 Å². The van der Waals surface area contributed by atoms with Crippen LogP contribution in [0.25, 0.3) is 10.9 Å². The maximum Gasteiger partial charge on any atom is 0.0741 e.